The summed E-state index contributed by atoms with van der Waals surface area (Å²) in [6.45, 7) is 3.20. The minimum Gasteiger partial charge on any atom is -0.382 e. The quantitative estimate of drug-likeness (QED) is 0.654. The molecule has 0 aliphatic heterocycles. The molecule has 1 aliphatic carbocycles. The first-order valence-corrected chi connectivity index (χ1v) is 9.44. The summed E-state index contributed by atoms with van der Waals surface area (Å²) < 4.78 is 1.76. The molecule has 4 N–H and O–H groups in total. The Morgan fingerprint density at radius 2 is 1.92 bits per heavy atom. The second kappa shape index (κ2) is 7.33. The number of imidazole rings is 1. The zero-order chi connectivity index (χ0) is 17.9. The molecule has 6 nitrogen and oxygen atoms in total. The van der Waals surface area contributed by atoms with E-state index in [0.29, 0.717) is 17.8 Å². The summed E-state index contributed by atoms with van der Waals surface area (Å²) in [7, 11) is 0. The van der Waals surface area contributed by atoms with E-state index in [2.05, 4.69) is 39.8 Å². The highest BCUT2D eigenvalue weighted by atomic mass is 15.3. The Kier molecular flexibility index (Phi) is 4.75. The predicted molar refractivity (Wildman–Crippen MR) is 106 cm³/mol. The van der Waals surface area contributed by atoms with Crippen molar-refractivity contribution in [2.75, 3.05) is 17.6 Å². The summed E-state index contributed by atoms with van der Waals surface area (Å²) in [4.78, 5) is 4.53. The Morgan fingerprint density at radius 1 is 1.15 bits per heavy atom. The number of nitrogens with one attached hydrogen (secondary N) is 2. The number of rotatable bonds is 5. The molecule has 0 atom stereocenters. The molecule has 6 heteroatoms. The number of nitrogens with zero attached hydrogens (tertiary/aromatic N) is 3. The summed E-state index contributed by atoms with van der Waals surface area (Å²) in [5.74, 6) is 1.01. The lowest BCUT2D eigenvalue weighted by atomic mass is 9.81. The van der Waals surface area contributed by atoms with Crippen LogP contribution in [0.2, 0.25) is 0 Å². The number of nitrogen functional groups attached to an aromatic ring is 1. The highest BCUT2D eigenvalue weighted by molar-refractivity contribution is 5.80. The largest absolute Gasteiger partial charge is 0.382 e. The van der Waals surface area contributed by atoms with Gasteiger partial charge in [-0.05, 0) is 50.3 Å². The van der Waals surface area contributed by atoms with Crippen LogP contribution in [0.25, 0.3) is 5.65 Å². The van der Waals surface area contributed by atoms with Gasteiger partial charge in [-0.2, -0.15) is 0 Å². The van der Waals surface area contributed by atoms with E-state index in [-0.39, 0.29) is 0 Å². The fourth-order valence-corrected chi connectivity index (χ4v) is 4.05. The topological polar surface area (TPSA) is 80.3 Å². The Labute approximate surface area is 153 Å². The summed E-state index contributed by atoms with van der Waals surface area (Å²) in [5.41, 5.74) is 10.4. The maximum absolute atomic E-state index is 6.41. The van der Waals surface area contributed by atoms with Crippen LogP contribution in [0.5, 0.6) is 0 Å². The fourth-order valence-electron chi connectivity index (χ4n) is 4.05. The van der Waals surface area contributed by atoms with Gasteiger partial charge >= 0.3 is 0 Å². The van der Waals surface area contributed by atoms with E-state index in [1.807, 2.05) is 24.4 Å². The Morgan fingerprint density at radius 3 is 2.65 bits per heavy atom. The molecule has 0 saturated heterocycles. The molecule has 1 aromatic carbocycles. The average molecular weight is 350 g/mol. The smallest absolute Gasteiger partial charge is 0.177 e. The van der Waals surface area contributed by atoms with Gasteiger partial charge < -0.3 is 16.4 Å². The van der Waals surface area contributed by atoms with Crippen molar-refractivity contribution >= 4 is 22.8 Å². The lowest BCUT2D eigenvalue weighted by Gasteiger charge is -2.31. The SMILES string of the molecule is CCNC1CCC(c2c(N)nn3ccnc3c2Nc2ccccc2)CC1. The minimum absolute atomic E-state index is 0.408. The van der Waals surface area contributed by atoms with Gasteiger partial charge in [0.05, 0.1) is 5.69 Å². The molecule has 2 aromatic heterocycles. The Hall–Kier alpha value is -2.60. The van der Waals surface area contributed by atoms with Crippen LogP contribution < -0.4 is 16.4 Å². The standard InChI is InChI=1S/C20H26N6/c1-2-22-15-10-8-14(9-11-15)17-18(24-16-6-4-3-5-7-16)20-23-12-13-26(20)25-19(17)21/h3-7,12-15,22,24H,2,8-11H2,1H3,(H2,21,25). The maximum atomic E-state index is 6.41. The molecule has 1 saturated carbocycles. The summed E-state index contributed by atoms with van der Waals surface area (Å²) in [6, 6.07) is 10.8. The van der Waals surface area contributed by atoms with E-state index in [4.69, 9.17) is 5.73 Å². The fraction of sp³-hybridized carbons (Fsp3) is 0.400. The first-order chi connectivity index (χ1) is 12.8. The molecular formula is C20H26N6. The second-order valence-electron chi connectivity index (χ2n) is 6.97. The van der Waals surface area contributed by atoms with Crippen molar-refractivity contribution < 1.29 is 0 Å². The molecular weight excluding hydrogens is 324 g/mol. The summed E-state index contributed by atoms with van der Waals surface area (Å²) in [6.07, 6.45) is 8.18. The zero-order valence-corrected chi connectivity index (χ0v) is 15.2. The van der Waals surface area contributed by atoms with E-state index in [1.165, 1.54) is 12.8 Å². The molecule has 0 unspecified atom stereocenters. The Bertz CT molecular complexity index is 865. The molecule has 3 aromatic rings. The Balaban J connectivity index is 1.71. The molecule has 1 aliphatic rings. The number of fused-ring (bicyclic) bond motifs is 1. The van der Waals surface area contributed by atoms with Crippen LogP contribution in [-0.2, 0) is 0 Å². The van der Waals surface area contributed by atoms with E-state index in [0.717, 1.165) is 42.0 Å². The van der Waals surface area contributed by atoms with Crippen molar-refractivity contribution in [2.45, 2.75) is 44.6 Å². The molecule has 0 spiro atoms. The van der Waals surface area contributed by atoms with Gasteiger partial charge in [0.2, 0.25) is 0 Å². The van der Waals surface area contributed by atoms with Gasteiger partial charge in [-0.25, -0.2) is 9.50 Å². The molecule has 136 valence electrons. The van der Waals surface area contributed by atoms with Crippen LogP contribution in [0.1, 0.15) is 44.1 Å². The van der Waals surface area contributed by atoms with Gasteiger partial charge in [0, 0.05) is 29.7 Å². The predicted octanol–water partition coefficient (Wildman–Crippen LogP) is 3.69. The van der Waals surface area contributed by atoms with Gasteiger partial charge in [0.1, 0.15) is 5.82 Å². The molecule has 26 heavy (non-hydrogen) atoms. The number of aromatic nitrogens is 3. The molecule has 0 bridgehead atoms. The average Bonchev–Trinajstić information content (AvgIpc) is 3.12. The first kappa shape index (κ1) is 16.8. The van der Waals surface area contributed by atoms with Crippen LogP contribution >= 0.6 is 0 Å². The normalized spacial score (nSPS) is 20.3. The van der Waals surface area contributed by atoms with Crippen molar-refractivity contribution in [3.8, 4) is 0 Å². The second-order valence-corrected chi connectivity index (χ2v) is 6.97. The number of hydrogen-bond donors (Lipinski definition) is 3. The van der Waals surface area contributed by atoms with E-state index in [1.54, 1.807) is 10.7 Å². The van der Waals surface area contributed by atoms with E-state index >= 15 is 0 Å². The van der Waals surface area contributed by atoms with E-state index < -0.39 is 0 Å². The number of benzene rings is 1. The summed E-state index contributed by atoms with van der Waals surface area (Å²) in [5, 5.41) is 11.7. The van der Waals surface area contributed by atoms with Gasteiger partial charge in [0.25, 0.3) is 0 Å². The van der Waals surface area contributed by atoms with Crippen molar-refractivity contribution in [2.24, 2.45) is 0 Å². The third kappa shape index (κ3) is 3.24. The van der Waals surface area contributed by atoms with Gasteiger partial charge in [-0.15, -0.1) is 5.10 Å². The highest BCUT2D eigenvalue weighted by Gasteiger charge is 2.27. The van der Waals surface area contributed by atoms with Gasteiger partial charge in [-0.1, -0.05) is 25.1 Å². The zero-order valence-electron chi connectivity index (χ0n) is 15.2. The number of nitrogens with two attached hydrogens (primary N) is 1. The maximum Gasteiger partial charge on any atom is 0.177 e. The van der Waals surface area contributed by atoms with Crippen LogP contribution in [0.3, 0.4) is 0 Å². The molecule has 4 rings (SSSR count). The minimum atomic E-state index is 0.408. The molecule has 0 radical (unpaired) electrons. The lowest BCUT2D eigenvalue weighted by Crippen LogP contribution is -2.32. The third-order valence-corrected chi connectivity index (χ3v) is 5.28. The summed E-state index contributed by atoms with van der Waals surface area (Å²) >= 11 is 0. The van der Waals surface area contributed by atoms with Crippen molar-refractivity contribution in [1.29, 1.82) is 0 Å². The van der Waals surface area contributed by atoms with Crippen LogP contribution in [0.15, 0.2) is 42.7 Å². The highest BCUT2D eigenvalue weighted by Crippen LogP contribution is 2.41. The first-order valence-electron chi connectivity index (χ1n) is 9.44. The monoisotopic (exact) mass is 350 g/mol. The number of anilines is 3. The van der Waals surface area contributed by atoms with Crippen molar-refractivity contribution in [1.82, 2.24) is 19.9 Å². The number of para-hydroxylation sites is 1. The van der Waals surface area contributed by atoms with Crippen molar-refractivity contribution in [3.05, 3.63) is 48.3 Å². The lowest BCUT2D eigenvalue weighted by molar-refractivity contribution is 0.348. The molecule has 0 amide bonds. The van der Waals surface area contributed by atoms with Crippen LogP contribution in [0, 0.1) is 0 Å². The van der Waals surface area contributed by atoms with Gasteiger partial charge in [0.15, 0.2) is 5.65 Å². The number of hydrogen-bond acceptors (Lipinski definition) is 5. The van der Waals surface area contributed by atoms with Crippen LogP contribution in [0.4, 0.5) is 17.2 Å². The van der Waals surface area contributed by atoms with Crippen LogP contribution in [-0.4, -0.2) is 27.2 Å². The molecule has 1 fully saturated rings. The third-order valence-electron chi connectivity index (χ3n) is 5.28. The van der Waals surface area contributed by atoms with Gasteiger partial charge in [-0.3, -0.25) is 0 Å². The van der Waals surface area contributed by atoms with E-state index in [9.17, 15) is 0 Å². The van der Waals surface area contributed by atoms with Crippen molar-refractivity contribution in [3.63, 3.8) is 0 Å². The molecule has 2 heterocycles.